The van der Waals surface area contributed by atoms with Crippen molar-refractivity contribution in [2.75, 3.05) is 13.1 Å². The number of hydrogen-bond donors (Lipinski definition) is 5. The largest absolute Gasteiger partial charge is 0.480 e. The molecule has 96 valence electrons. The number of nitrogens with one attached hydrogen (secondary N) is 2. The van der Waals surface area contributed by atoms with E-state index in [1.165, 1.54) is 0 Å². The fourth-order valence-electron chi connectivity index (χ4n) is 0.845. The van der Waals surface area contributed by atoms with Crippen LogP contribution in [0.4, 0.5) is 0 Å². The van der Waals surface area contributed by atoms with E-state index in [1.54, 1.807) is 0 Å². The van der Waals surface area contributed by atoms with Gasteiger partial charge >= 0.3 is 5.97 Å². The molecule has 17 heavy (non-hydrogen) atoms. The zero-order chi connectivity index (χ0) is 13.4. The second-order valence-electron chi connectivity index (χ2n) is 3.17. The number of carboxylic acid groups (broad SMARTS) is 1. The standard InChI is InChI=1S/C8H14N4O5/c9-4(1-5(10)13)8(17)12-2-6(14)11-3-7(15)16/h4H,1-3,9H2,(H2,10,13)(H,11,14)(H,12,17)(H,15,16)/t4-/m0/s1. The lowest BCUT2D eigenvalue weighted by molar-refractivity contribution is -0.137. The Morgan fingerprint density at radius 1 is 1.12 bits per heavy atom. The zero-order valence-electron chi connectivity index (χ0n) is 8.93. The quantitative estimate of drug-likeness (QED) is 0.312. The maximum Gasteiger partial charge on any atom is 0.322 e. The molecule has 1 atom stereocenters. The van der Waals surface area contributed by atoms with E-state index in [0.717, 1.165) is 0 Å². The summed E-state index contributed by atoms with van der Waals surface area (Å²) < 4.78 is 0. The molecule has 7 N–H and O–H groups in total. The fourth-order valence-corrected chi connectivity index (χ4v) is 0.845. The number of hydrogen-bond acceptors (Lipinski definition) is 5. The molecule has 0 aliphatic carbocycles. The predicted molar refractivity (Wildman–Crippen MR) is 55.4 cm³/mol. The van der Waals surface area contributed by atoms with Gasteiger partial charge in [0.05, 0.1) is 19.0 Å². The fraction of sp³-hybridized carbons (Fsp3) is 0.500. The Morgan fingerprint density at radius 3 is 2.18 bits per heavy atom. The van der Waals surface area contributed by atoms with Crippen LogP contribution >= 0.6 is 0 Å². The number of rotatable bonds is 7. The molecular weight excluding hydrogens is 232 g/mol. The average Bonchev–Trinajstić information content (AvgIpc) is 2.21. The van der Waals surface area contributed by atoms with Crippen molar-refractivity contribution in [3.05, 3.63) is 0 Å². The summed E-state index contributed by atoms with van der Waals surface area (Å²) >= 11 is 0. The van der Waals surface area contributed by atoms with Crippen molar-refractivity contribution in [1.29, 1.82) is 0 Å². The molecule has 0 aromatic heterocycles. The summed E-state index contributed by atoms with van der Waals surface area (Å²) in [7, 11) is 0. The highest BCUT2D eigenvalue weighted by atomic mass is 16.4. The Morgan fingerprint density at radius 2 is 1.71 bits per heavy atom. The number of carbonyl (C=O) groups excluding carboxylic acids is 3. The Labute approximate surface area is 96.5 Å². The molecule has 0 aliphatic rings. The van der Waals surface area contributed by atoms with Crippen LogP contribution in [-0.2, 0) is 19.2 Å². The van der Waals surface area contributed by atoms with E-state index in [9.17, 15) is 19.2 Å². The van der Waals surface area contributed by atoms with Gasteiger partial charge in [0.25, 0.3) is 0 Å². The Kier molecular flexibility index (Phi) is 6.26. The predicted octanol–water partition coefficient (Wildman–Crippen LogP) is -3.49. The van der Waals surface area contributed by atoms with Gasteiger partial charge in [-0.05, 0) is 0 Å². The molecule has 0 saturated heterocycles. The SMILES string of the molecule is NC(=O)C[C@H](N)C(=O)NCC(=O)NCC(=O)O. The van der Waals surface area contributed by atoms with Gasteiger partial charge in [-0.15, -0.1) is 0 Å². The van der Waals surface area contributed by atoms with Crippen LogP contribution in [0.15, 0.2) is 0 Å². The topological polar surface area (TPSA) is 165 Å². The number of carbonyl (C=O) groups is 4. The molecule has 0 bridgehead atoms. The monoisotopic (exact) mass is 246 g/mol. The van der Waals surface area contributed by atoms with Gasteiger partial charge in [0, 0.05) is 0 Å². The molecule has 0 aromatic carbocycles. The summed E-state index contributed by atoms with van der Waals surface area (Å²) in [5, 5.41) is 12.4. The van der Waals surface area contributed by atoms with E-state index in [0.29, 0.717) is 0 Å². The van der Waals surface area contributed by atoms with Crippen LogP contribution < -0.4 is 22.1 Å². The molecule has 0 fully saturated rings. The minimum absolute atomic E-state index is 0.331. The van der Waals surface area contributed by atoms with E-state index >= 15 is 0 Å². The molecule has 0 unspecified atom stereocenters. The number of primary amides is 1. The van der Waals surface area contributed by atoms with Crippen molar-refractivity contribution >= 4 is 23.7 Å². The summed E-state index contributed by atoms with van der Waals surface area (Å²) in [6.45, 7) is -0.958. The van der Waals surface area contributed by atoms with E-state index < -0.39 is 42.8 Å². The van der Waals surface area contributed by atoms with E-state index in [1.807, 2.05) is 5.32 Å². The Hall–Kier alpha value is -2.16. The first-order valence-corrected chi connectivity index (χ1v) is 4.63. The minimum atomic E-state index is -1.20. The second-order valence-corrected chi connectivity index (χ2v) is 3.17. The van der Waals surface area contributed by atoms with Crippen LogP contribution in [0.2, 0.25) is 0 Å². The minimum Gasteiger partial charge on any atom is -0.480 e. The summed E-state index contributed by atoms with van der Waals surface area (Å²) in [5.41, 5.74) is 10.1. The third-order valence-corrected chi connectivity index (χ3v) is 1.62. The van der Waals surface area contributed by atoms with Crippen LogP contribution in [0, 0.1) is 0 Å². The third-order valence-electron chi connectivity index (χ3n) is 1.62. The normalized spacial score (nSPS) is 11.4. The number of carboxylic acids is 1. The van der Waals surface area contributed by atoms with Crippen LogP contribution in [0.1, 0.15) is 6.42 Å². The van der Waals surface area contributed by atoms with Gasteiger partial charge in [-0.2, -0.15) is 0 Å². The van der Waals surface area contributed by atoms with Gasteiger partial charge in [-0.1, -0.05) is 0 Å². The maximum absolute atomic E-state index is 11.2. The van der Waals surface area contributed by atoms with Crippen molar-refractivity contribution < 1.29 is 24.3 Å². The lowest BCUT2D eigenvalue weighted by Crippen LogP contribution is -2.46. The van der Waals surface area contributed by atoms with Gasteiger partial charge in [0.1, 0.15) is 6.54 Å². The number of nitrogens with two attached hydrogens (primary N) is 2. The molecule has 0 spiro atoms. The molecule has 0 aromatic rings. The molecule has 9 heteroatoms. The Balaban J connectivity index is 3.87. The maximum atomic E-state index is 11.2. The van der Waals surface area contributed by atoms with Crippen LogP contribution in [0.5, 0.6) is 0 Å². The van der Waals surface area contributed by atoms with Gasteiger partial charge in [-0.3, -0.25) is 19.2 Å². The molecule has 0 saturated carbocycles. The highest BCUT2D eigenvalue weighted by molar-refractivity contribution is 5.91. The molecular formula is C8H14N4O5. The van der Waals surface area contributed by atoms with Crippen molar-refractivity contribution in [1.82, 2.24) is 10.6 Å². The van der Waals surface area contributed by atoms with E-state index in [4.69, 9.17) is 16.6 Å². The van der Waals surface area contributed by atoms with Gasteiger partial charge < -0.3 is 27.2 Å². The van der Waals surface area contributed by atoms with Crippen LogP contribution in [0.3, 0.4) is 0 Å². The first kappa shape index (κ1) is 14.8. The first-order valence-electron chi connectivity index (χ1n) is 4.63. The van der Waals surface area contributed by atoms with Crippen LogP contribution in [0.25, 0.3) is 0 Å². The second kappa shape index (κ2) is 7.17. The Bertz CT molecular complexity index is 330. The molecule has 0 aliphatic heterocycles. The summed E-state index contributed by atoms with van der Waals surface area (Å²) in [6, 6.07) is -1.13. The number of amides is 3. The highest BCUT2D eigenvalue weighted by Crippen LogP contribution is 1.86. The summed E-state index contributed by atoms with van der Waals surface area (Å²) in [6.07, 6.45) is -0.331. The molecule has 3 amide bonds. The molecule has 0 heterocycles. The number of aliphatic carboxylic acids is 1. The summed E-state index contributed by atoms with van der Waals surface area (Å²) in [5.74, 6) is -3.32. The van der Waals surface area contributed by atoms with Crippen molar-refractivity contribution in [3.63, 3.8) is 0 Å². The van der Waals surface area contributed by atoms with Crippen molar-refractivity contribution in [2.45, 2.75) is 12.5 Å². The third kappa shape index (κ3) is 7.73. The highest BCUT2D eigenvalue weighted by Gasteiger charge is 2.16. The molecule has 0 radical (unpaired) electrons. The first-order chi connectivity index (χ1) is 7.82. The molecule has 9 nitrogen and oxygen atoms in total. The lowest BCUT2D eigenvalue weighted by atomic mass is 10.2. The lowest BCUT2D eigenvalue weighted by Gasteiger charge is -2.10. The van der Waals surface area contributed by atoms with E-state index in [2.05, 4.69) is 5.32 Å². The van der Waals surface area contributed by atoms with Gasteiger partial charge in [0.15, 0.2) is 0 Å². The van der Waals surface area contributed by atoms with Crippen molar-refractivity contribution in [3.8, 4) is 0 Å². The average molecular weight is 246 g/mol. The van der Waals surface area contributed by atoms with Crippen LogP contribution in [-0.4, -0.2) is 47.9 Å². The van der Waals surface area contributed by atoms with Gasteiger partial charge in [-0.25, -0.2) is 0 Å². The molecule has 0 rings (SSSR count). The van der Waals surface area contributed by atoms with E-state index in [-0.39, 0.29) is 6.42 Å². The summed E-state index contributed by atoms with van der Waals surface area (Å²) in [4.78, 5) is 42.7. The smallest absolute Gasteiger partial charge is 0.322 e. The van der Waals surface area contributed by atoms with Crippen molar-refractivity contribution in [2.24, 2.45) is 11.5 Å². The van der Waals surface area contributed by atoms with Gasteiger partial charge in [0.2, 0.25) is 17.7 Å². The zero-order valence-corrected chi connectivity index (χ0v) is 8.93.